The molecule has 1 heterocycles. The zero-order valence-electron chi connectivity index (χ0n) is 9.72. The van der Waals surface area contributed by atoms with Gasteiger partial charge in [-0.1, -0.05) is 23.2 Å². The van der Waals surface area contributed by atoms with Gasteiger partial charge in [-0.05, 0) is 25.1 Å². The van der Waals surface area contributed by atoms with Gasteiger partial charge in [-0.3, -0.25) is 9.59 Å². The molecular weight excluding hydrogens is 275 g/mol. The summed E-state index contributed by atoms with van der Waals surface area (Å²) in [6.45, 7) is 2.08. The zero-order chi connectivity index (χ0) is 13.3. The summed E-state index contributed by atoms with van der Waals surface area (Å²) in [5.41, 5.74) is -0.204. The first-order valence-electron chi connectivity index (χ1n) is 5.43. The molecule has 1 aromatic rings. The Balaban J connectivity index is 2.14. The number of rotatable bonds is 2. The second-order valence-electron chi connectivity index (χ2n) is 4.63. The summed E-state index contributed by atoms with van der Waals surface area (Å²) < 4.78 is 0. The second-order valence-corrected chi connectivity index (χ2v) is 5.50. The number of anilines is 1. The van der Waals surface area contributed by atoms with Gasteiger partial charge in [0.25, 0.3) is 0 Å². The fourth-order valence-electron chi connectivity index (χ4n) is 1.84. The maximum absolute atomic E-state index is 12.1. The van der Waals surface area contributed by atoms with Crippen LogP contribution in [0.5, 0.6) is 0 Å². The van der Waals surface area contributed by atoms with Crippen molar-refractivity contribution in [2.75, 3.05) is 11.9 Å². The van der Waals surface area contributed by atoms with Gasteiger partial charge in [0.05, 0.1) is 5.41 Å². The molecular formula is C12H12Cl2N2O2. The van der Waals surface area contributed by atoms with E-state index in [1.807, 2.05) is 0 Å². The normalized spacial score (nSPS) is 22.7. The van der Waals surface area contributed by atoms with Crippen LogP contribution in [-0.4, -0.2) is 18.4 Å². The minimum Gasteiger partial charge on any atom is -0.355 e. The molecule has 1 fully saturated rings. The highest BCUT2D eigenvalue weighted by atomic mass is 35.5. The minimum absolute atomic E-state index is 0.114. The monoisotopic (exact) mass is 286 g/mol. The van der Waals surface area contributed by atoms with Crippen molar-refractivity contribution in [3.05, 3.63) is 28.2 Å². The van der Waals surface area contributed by atoms with E-state index < -0.39 is 5.41 Å². The number of nitrogens with one attached hydrogen (secondary N) is 2. The Morgan fingerprint density at radius 2 is 1.94 bits per heavy atom. The second kappa shape index (κ2) is 4.78. The van der Waals surface area contributed by atoms with Gasteiger partial charge in [0.2, 0.25) is 11.8 Å². The molecule has 0 bridgehead atoms. The molecule has 1 aromatic carbocycles. The maximum Gasteiger partial charge on any atom is 0.232 e. The minimum atomic E-state index is -0.730. The van der Waals surface area contributed by atoms with E-state index in [0.29, 0.717) is 22.3 Å². The van der Waals surface area contributed by atoms with Crippen LogP contribution in [0, 0.1) is 5.41 Å². The topological polar surface area (TPSA) is 58.2 Å². The van der Waals surface area contributed by atoms with E-state index in [-0.39, 0.29) is 18.2 Å². The summed E-state index contributed by atoms with van der Waals surface area (Å²) in [5, 5.41) is 6.27. The van der Waals surface area contributed by atoms with Crippen LogP contribution in [0.3, 0.4) is 0 Å². The standard InChI is InChI=1S/C12H12Cl2N2O2/c1-12(5-10(17)15-6-12)11(18)16-9-3-7(13)2-8(14)4-9/h2-4H,5-6H2,1H3,(H,15,17)(H,16,18). The lowest BCUT2D eigenvalue weighted by atomic mass is 9.88. The van der Waals surface area contributed by atoms with Crippen LogP contribution < -0.4 is 10.6 Å². The lowest BCUT2D eigenvalue weighted by Gasteiger charge is -2.20. The molecule has 0 aromatic heterocycles. The summed E-state index contributed by atoms with van der Waals surface area (Å²) in [4.78, 5) is 23.3. The number of carbonyl (C=O) groups excluding carboxylic acids is 2. The van der Waals surface area contributed by atoms with Crippen molar-refractivity contribution in [2.45, 2.75) is 13.3 Å². The molecule has 18 heavy (non-hydrogen) atoms. The molecule has 2 amide bonds. The number of benzene rings is 1. The quantitative estimate of drug-likeness (QED) is 0.877. The third kappa shape index (κ3) is 2.76. The van der Waals surface area contributed by atoms with Crippen LogP contribution in [0.15, 0.2) is 18.2 Å². The van der Waals surface area contributed by atoms with Crippen molar-refractivity contribution < 1.29 is 9.59 Å². The smallest absolute Gasteiger partial charge is 0.232 e. The summed E-state index contributed by atoms with van der Waals surface area (Å²) in [6, 6.07) is 4.80. The van der Waals surface area contributed by atoms with E-state index in [4.69, 9.17) is 23.2 Å². The number of hydrogen-bond acceptors (Lipinski definition) is 2. The van der Waals surface area contributed by atoms with E-state index in [2.05, 4.69) is 10.6 Å². The third-order valence-electron chi connectivity index (χ3n) is 2.90. The molecule has 0 saturated carbocycles. The average molecular weight is 287 g/mol. The molecule has 1 saturated heterocycles. The van der Waals surface area contributed by atoms with Crippen LogP contribution in [0.2, 0.25) is 10.0 Å². The van der Waals surface area contributed by atoms with E-state index in [1.165, 1.54) is 0 Å². The molecule has 1 unspecified atom stereocenters. The molecule has 6 heteroatoms. The molecule has 0 aliphatic carbocycles. The molecule has 1 atom stereocenters. The first-order valence-corrected chi connectivity index (χ1v) is 6.19. The van der Waals surface area contributed by atoms with Crippen LogP contribution in [0.25, 0.3) is 0 Å². The number of halogens is 2. The van der Waals surface area contributed by atoms with Gasteiger partial charge in [0, 0.05) is 28.7 Å². The van der Waals surface area contributed by atoms with Gasteiger partial charge in [-0.15, -0.1) is 0 Å². The van der Waals surface area contributed by atoms with Gasteiger partial charge in [0.15, 0.2) is 0 Å². The molecule has 2 N–H and O–H groups in total. The van der Waals surface area contributed by atoms with Crippen molar-refractivity contribution in [3.63, 3.8) is 0 Å². The highest BCUT2D eigenvalue weighted by Gasteiger charge is 2.40. The molecule has 1 aliphatic heterocycles. The molecule has 2 rings (SSSR count). The maximum atomic E-state index is 12.1. The first kappa shape index (κ1) is 13.2. The Hall–Kier alpha value is -1.26. The predicted octanol–water partition coefficient (Wildman–Crippen LogP) is 2.46. The Bertz CT molecular complexity index is 499. The van der Waals surface area contributed by atoms with E-state index in [1.54, 1.807) is 25.1 Å². The Morgan fingerprint density at radius 3 is 2.44 bits per heavy atom. The molecule has 4 nitrogen and oxygen atoms in total. The fourth-order valence-corrected chi connectivity index (χ4v) is 2.37. The number of hydrogen-bond donors (Lipinski definition) is 2. The van der Waals surface area contributed by atoms with E-state index >= 15 is 0 Å². The van der Waals surface area contributed by atoms with E-state index in [0.717, 1.165) is 0 Å². The van der Waals surface area contributed by atoms with Crippen molar-refractivity contribution in [3.8, 4) is 0 Å². The third-order valence-corrected chi connectivity index (χ3v) is 3.33. The van der Waals surface area contributed by atoms with Gasteiger partial charge in [-0.2, -0.15) is 0 Å². The Kier molecular flexibility index (Phi) is 3.50. The molecule has 1 aliphatic rings. The summed E-state index contributed by atoms with van der Waals surface area (Å²) in [6.07, 6.45) is 0.188. The largest absolute Gasteiger partial charge is 0.355 e. The highest BCUT2D eigenvalue weighted by molar-refractivity contribution is 6.35. The van der Waals surface area contributed by atoms with Crippen molar-refractivity contribution in [1.82, 2.24) is 5.32 Å². The van der Waals surface area contributed by atoms with E-state index in [9.17, 15) is 9.59 Å². The van der Waals surface area contributed by atoms with Gasteiger partial charge < -0.3 is 10.6 Å². The molecule has 0 radical (unpaired) electrons. The summed E-state index contributed by atoms with van der Waals surface area (Å²) >= 11 is 11.7. The van der Waals surface area contributed by atoms with Crippen LogP contribution >= 0.6 is 23.2 Å². The van der Waals surface area contributed by atoms with Crippen molar-refractivity contribution in [1.29, 1.82) is 0 Å². The Labute approximate surface area is 115 Å². The zero-order valence-corrected chi connectivity index (χ0v) is 11.2. The van der Waals surface area contributed by atoms with Gasteiger partial charge in [0.1, 0.15) is 0 Å². The molecule has 96 valence electrons. The van der Waals surface area contributed by atoms with Gasteiger partial charge in [-0.25, -0.2) is 0 Å². The SMILES string of the molecule is CC1(C(=O)Nc2cc(Cl)cc(Cl)c2)CNC(=O)C1. The predicted molar refractivity (Wildman–Crippen MR) is 70.8 cm³/mol. The first-order chi connectivity index (χ1) is 8.39. The summed E-state index contributed by atoms with van der Waals surface area (Å²) in [7, 11) is 0. The van der Waals surface area contributed by atoms with Crippen LogP contribution in [0.1, 0.15) is 13.3 Å². The van der Waals surface area contributed by atoms with Crippen LogP contribution in [0.4, 0.5) is 5.69 Å². The van der Waals surface area contributed by atoms with Crippen LogP contribution in [-0.2, 0) is 9.59 Å². The van der Waals surface area contributed by atoms with Crippen molar-refractivity contribution in [2.24, 2.45) is 5.41 Å². The van der Waals surface area contributed by atoms with Crippen molar-refractivity contribution >= 4 is 40.7 Å². The highest BCUT2D eigenvalue weighted by Crippen LogP contribution is 2.29. The van der Waals surface area contributed by atoms with Gasteiger partial charge >= 0.3 is 0 Å². The average Bonchev–Trinajstić information content (AvgIpc) is 2.58. The summed E-state index contributed by atoms with van der Waals surface area (Å²) in [5.74, 6) is -0.337. The molecule has 0 spiro atoms. The number of carbonyl (C=O) groups is 2. The Morgan fingerprint density at radius 1 is 1.33 bits per heavy atom. The lowest BCUT2D eigenvalue weighted by molar-refractivity contribution is -0.126. The fraction of sp³-hybridized carbons (Fsp3) is 0.333. The number of amides is 2. The lowest BCUT2D eigenvalue weighted by Crippen LogP contribution is -2.35.